The van der Waals surface area contributed by atoms with Gasteiger partial charge in [-0.05, 0) is 0 Å². The summed E-state index contributed by atoms with van der Waals surface area (Å²) in [7, 11) is 0. The SMILES string of the molecule is CC1=CC(c2cc3ccccc3o2)=[C]([Zr+2]([C]2=C(c3cc4ccccc4o3)C=C(C)C2C)=[Si](C)C)C1C.[Cl-].[Cl-]. The van der Waals surface area contributed by atoms with Gasteiger partial charge in [-0.3, -0.25) is 0 Å². The minimum absolute atomic E-state index is 0. The predicted octanol–water partition coefficient (Wildman–Crippen LogP) is 3.37. The quantitative estimate of drug-likeness (QED) is 0.321. The van der Waals surface area contributed by atoms with Gasteiger partial charge in [0.25, 0.3) is 0 Å². The Bertz CT molecular complexity index is 1520. The molecule has 2 aliphatic carbocycles. The van der Waals surface area contributed by atoms with Crippen molar-refractivity contribution in [2.75, 3.05) is 0 Å². The standard InChI is InChI=1S/2C15H13O.C2H6Si.2ClH.Zr/c2*1-10-7-13(8-11(10)2)15-9-12-5-3-4-6-14(12)16-15;1-3-2;;;/h2*3-7,9,11H,1-2H3;1-2H3;2*1H;/q;;;;;+2/p-2. The minimum atomic E-state index is -2.30. The number of fused-ring (bicyclic) bond motifs is 2. The molecule has 0 N–H and O–H groups in total. The van der Waals surface area contributed by atoms with Gasteiger partial charge in [-0.25, -0.2) is 0 Å². The third-order valence-corrected chi connectivity index (χ3v) is 25.6. The van der Waals surface area contributed by atoms with Crippen molar-refractivity contribution in [3.05, 3.63) is 102 Å². The van der Waals surface area contributed by atoms with E-state index in [-0.39, 0.29) is 24.8 Å². The third-order valence-electron chi connectivity index (χ3n) is 7.98. The third kappa shape index (κ3) is 4.83. The van der Waals surface area contributed by atoms with E-state index in [1.165, 1.54) is 33.1 Å². The van der Waals surface area contributed by atoms with E-state index in [0.717, 1.165) is 22.7 Å². The Kier molecular flexibility index (Phi) is 8.70. The first-order valence-corrected chi connectivity index (χ1v) is 21.5. The molecular weight excluding hydrogens is 607 g/mol. The molecule has 2 heterocycles. The van der Waals surface area contributed by atoms with Crippen LogP contribution in [0.15, 0.2) is 99.4 Å². The maximum Gasteiger partial charge on any atom is -1.00 e. The molecule has 194 valence electrons. The number of benzene rings is 2. The van der Waals surface area contributed by atoms with Gasteiger partial charge in [-0.15, -0.1) is 0 Å². The van der Waals surface area contributed by atoms with Gasteiger partial charge in [-0.1, -0.05) is 0 Å². The van der Waals surface area contributed by atoms with Crippen LogP contribution in [-0.4, -0.2) is 5.43 Å². The van der Waals surface area contributed by atoms with Crippen LogP contribution in [0.2, 0.25) is 13.1 Å². The summed E-state index contributed by atoms with van der Waals surface area (Å²) in [5.74, 6) is 3.02. The van der Waals surface area contributed by atoms with Gasteiger partial charge in [0, 0.05) is 0 Å². The molecule has 38 heavy (non-hydrogen) atoms. The number of rotatable bonds is 4. The minimum Gasteiger partial charge on any atom is -1.00 e. The molecule has 2 aromatic heterocycles. The molecule has 2 aliphatic rings. The molecule has 2 atom stereocenters. The van der Waals surface area contributed by atoms with Crippen molar-refractivity contribution >= 4 is 38.5 Å². The largest absolute Gasteiger partial charge is 1.00 e. The first kappa shape index (κ1) is 29.2. The maximum atomic E-state index is 6.46. The van der Waals surface area contributed by atoms with Crippen LogP contribution in [0, 0.1) is 11.8 Å². The Balaban J connectivity index is 0.00000168. The van der Waals surface area contributed by atoms with Crippen LogP contribution in [0.1, 0.15) is 39.2 Å². The van der Waals surface area contributed by atoms with Gasteiger partial charge in [0.1, 0.15) is 0 Å². The zero-order valence-electron chi connectivity index (χ0n) is 22.7. The average Bonchev–Trinajstić information content (AvgIpc) is 3.61. The van der Waals surface area contributed by atoms with Gasteiger partial charge in [0.2, 0.25) is 0 Å². The van der Waals surface area contributed by atoms with Crippen LogP contribution >= 0.6 is 0 Å². The second-order valence-corrected chi connectivity index (χ2v) is 27.4. The fourth-order valence-electron chi connectivity index (χ4n) is 5.81. The van der Waals surface area contributed by atoms with Crippen LogP contribution < -0.4 is 24.8 Å². The number of furan rings is 2. The molecule has 2 aromatic carbocycles. The first-order chi connectivity index (χ1) is 17.3. The van der Waals surface area contributed by atoms with E-state index in [9.17, 15) is 0 Å². The Morgan fingerprint density at radius 1 is 0.658 bits per heavy atom. The Hall–Kier alpha value is -1.84. The molecule has 0 bridgehead atoms. The van der Waals surface area contributed by atoms with E-state index < -0.39 is 25.8 Å². The molecule has 0 spiro atoms. The van der Waals surface area contributed by atoms with Gasteiger partial charge >= 0.3 is 222 Å². The Morgan fingerprint density at radius 3 is 1.42 bits per heavy atom. The molecular formula is C32H32Cl2O2SiZr. The zero-order valence-corrected chi connectivity index (χ0v) is 27.6. The summed E-state index contributed by atoms with van der Waals surface area (Å²) < 4.78 is 16.4. The summed E-state index contributed by atoms with van der Waals surface area (Å²) in [4.78, 5) is 0. The molecule has 0 fully saturated rings. The van der Waals surface area contributed by atoms with Crippen molar-refractivity contribution in [1.29, 1.82) is 0 Å². The molecule has 2 nitrogen and oxygen atoms in total. The number of halogens is 2. The van der Waals surface area contributed by atoms with E-state index in [2.05, 4.69) is 114 Å². The summed E-state index contributed by atoms with van der Waals surface area (Å²) in [6.45, 7) is 14.5. The average molecular weight is 639 g/mol. The summed E-state index contributed by atoms with van der Waals surface area (Å²) >= 11 is -2.30. The van der Waals surface area contributed by atoms with Crippen LogP contribution in [0.25, 0.3) is 33.1 Å². The molecule has 6 rings (SSSR count). The second kappa shape index (κ2) is 11.3. The van der Waals surface area contributed by atoms with E-state index >= 15 is 0 Å². The van der Waals surface area contributed by atoms with Crippen molar-refractivity contribution in [1.82, 2.24) is 0 Å². The fourth-order valence-corrected chi connectivity index (χ4v) is 25.2. The van der Waals surface area contributed by atoms with E-state index in [1.54, 1.807) is 6.56 Å². The Labute approximate surface area is 245 Å². The molecule has 0 saturated heterocycles. The number of allylic oxidation sites excluding steroid dienone is 8. The van der Waals surface area contributed by atoms with Crippen molar-refractivity contribution in [3.63, 3.8) is 0 Å². The van der Waals surface area contributed by atoms with Crippen LogP contribution in [-0.2, 0) is 20.4 Å². The number of para-hydroxylation sites is 2. The molecule has 2 unspecified atom stereocenters. The van der Waals surface area contributed by atoms with Crippen molar-refractivity contribution in [2.24, 2.45) is 11.8 Å². The smallest absolute Gasteiger partial charge is 1.00 e. The summed E-state index contributed by atoms with van der Waals surface area (Å²) in [6, 6.07) is 21.3. The monoisotopic (exact) mass is 636 g/mol. The number of hydrogen-bond acceptors (Lipinski definition) is 2. The van der Waals surface area contributed by atoms with E-state index in [4.69, 9.17) is 8.83 Å². The molecule has 6 heteroatoms. The van der Waals surface area contributed by atoms with Crippen LogP contribution in [0.3, 0.4) is 0 Å². The molecule has 0 saturated carbocycles. The van der Waals surface area contributed by atoms with Gasteiger partial charge < -0.3 is 24.8 Å². The Morgan fingerprint density at radius 2 is 1.05 bits per heavy atom. The molecule has 0 aliphatic heterocycles. The second-order valence-electron chi connectivity index (χ2n) is 10.5. The predicted molar refractivity (Wildman–Crippen MR) is 150 cm³/mol. The first-order valence-electron chi connectivity index (χ1n) is 12.8. The summed E-state index contributed by atoms with van der Waals surface area (Å²) in [5.41, 5.74) is 7.05. The van der Waals surface area contributed by atoms with Crippen molar-refractivity contribution < 1.29 is 54.0 Å². The molecule has 0 amide bonds. The summed E-state index contributed by atoms with van der Waals surface area (Å²) in [5, 5.41) is 2.37. The van der Waals surface area contributed by atoms with E-state index in [1.807, 2.05) is 0 Å². The van der Waals surface area contributed by atoms with Crippen molar-refractivity contribution in [2.45, 2.75) is 40.8 Å². The fraction of sp³-hybridized carbons (Fsp3) is 0.250. The van der Waals surface area contributed by atoms with Crippen LogP contribution in [0.4, 0.5) is 0 Å². The van der Waals surface area contributed by atoms with Gasteiger partial charge in [-0.2, -0.15) is 0 Å². The molecule has 0 radical (unpaired) electrons. The molecule has 4 aromatic rings. The van der Waals surface area contributed by atoms with E-state index in [0.29, 0.717) is 11.8 Å². The number of hydrogen-bond donors (Lipinski definition) is 0. The maximum absolute atomic E-state index is 6.46. The van der Waals surface area contributed by atoms with Crippen molar-refractivity contribution in [3.8, 4) is 0 Å². The van der Waals surface area contributed by atoms with Gasteiger partial charge in [0.15, 0.2) is 0 Å². The topological polar surface area (TPSA) is 26.3 Å². The zero-order chi connectivity index (χ0) is 25.1. The van der Waals surface area contributed by atoms with Gasteiger partial charge in [0.05, 0.1) is 0 Å². The normalized spacial score (nSPS) is 18.8. The van der Waals surface area contributed by atoms with Crippen LogP contribution in [0.5, 0.6) is 0 Å². The summed E-state index contributed by atoms with van der Waals surface area (Å²) in [6.07, 6.45) is 4.84.